The Morgan fingerprint density at radius 1 is 1.42 bits per heavy atom. The molecular weight excluding hydrogens is 148 g/mol. The Labute approximate surface area is 75.2 Å². The van der Waals surface area contributed by atoms with Gasteiger partial charge in [-0.05, 0) is 24.7 Å². The first-order valence-corrected chi connectivity index (χ1v) is 4.63. The number of hydrogen-bond donors (Lipinski definition) is 1. The van der Waals surface area contributed by atoms with Gasteiger partial charge >= 0.3 is 0 Å². The van der Waals surface area contributed by atoms with Crippen molar-refractivity contribution in [2.75, 3.05) is 0 Å². The second kappa shape index (κ2) is 3.11. The van der Waals surface area contributed by atoms with Crippen molar-refractivity contribution in [3.63, 3.8) is 0 Å². The van der Waals surface area contributed by atoms with Gasteiger partial charge in [0, 0.05) is 6.42 Å². The maximum Gasteiger partial charge on any atom is 0.0761 e. The first kappa shape index (κ1) is 9.61. The molecule has 1 atom stereocenters. The van der Waals surface area contributed by atoms with Crippen LogP contribution in [0.15, 0.2) is 0 Å². The average molecular weight is 166 g/mol. The average Bonchev–Trinajstić information content (AvgIpc) is 1.83. The molecule has 0 aromatic heterocycles. The zero-order valence-corrected chi connectivity index (χ0v) is 8.06. The van der Waals surface area contributed by atoms with Crippen LogP contribution in [0, 0.1) is 17.8 Å². The molecule has 12 heavy (non-hydrogen) atoms. The molecule has 0 aliphatic heterocycles. The fraction of sp³-hybridized carbons (Fsp3) is 0.818. The standard InChI is InChI=1S/C11H18O/c1-4-6-11(12)8-5-7-10(2,3)9-11/h1,12H,5-9H2,2-3H3. The second-order valence-corrected chi connectivity index (χ2v) is 4.80. The van der Waals surface area contributed by atoms with E-state index in [1.807, 2.05) is 0 Å². The van der Waals surface area contributed by atoms with Gasteiger partial charge in [-0.15, -0.1) is 12.3 Å². The largest absolute Gasteiger partial charge is 0.389 e. The van der Waals surface area contributed by atoms with E-state index in [1.54, 1.807) is 0 Å². The number of hydrogen-bond acceptors (Lipinski definition) is 1. The third kappa shape index (κ3) is 2.25. The van der Waals surface area contributed by atoms with E-state index in [0.717, 1.165) is 19.3 Å². The van der Waals surface area contributed by atoms with Gasteiger partial charge in [0.1, 0.15) is 0 Å². The number of rotatable bonds is 1. The molecule has 1 N–H and O–H groups in total. The Bertz CT molecular complexity index is 200. The van der Waals surface area contributed by atoms with E-state index < -0.39 is 5.60 Å². The summed E-state index contributed by atoms with van der Waals surface area (Å²) in [5, 5.41) is 10.1. The second-order valence-electron chi connectivity index (χ2n) is 4.80. The van der Waals surface area contributed by atoms with E-state index in [9.17, 15) is 5.11 Å². The lowest BCUT2D eigenvalue weighted by Gasteiger charge is -2.40. The molecule has 0 bridgehead atoms. The maximum atomic E-state index is 10.1. The van der Waals surface area contributed by atoms with Crippen LogP contribution in [0.3, 0.4) is 0 Å². The van der Waals surface area contributed by atoms with E-state index in [1.165, 1.54) is 6.42 Å². The highest BCUT2D eigenvalue weighted by Crippen LogP contribution is 2.42. The Balaban J connectivity index is 2.62. The van der Waals surface area contributed by atoms with Crippen LogP contribution in [-0.2, 0) is 0 Å². The van der Waals surface area contributed by atoms with Crippen LogP contribution in [0.2, 0.25) is 0 Å². The van der Waals surface area contributed by atoms with Crippen molar-refractivity contribution in [3.05, 3.63) is 0 Å². The van der Waals surface area contributed by atoms with Crippen molar-refractivity contribution in [3.8, 4) is 12.3 Å². The van der Waals surface area contributed by atoms with Crippen LogP contribution in [0.5, 0.6) is 0 Å². The molecule has 0 saturated heterocycles. The third-order valence-electron chi connectivity index (χ3n) is 2.73. The van der Waals surface area contributed by atoms with E-state index >= 15 is 0 Å². The Hall–Kier alpha value is -0.480. The summed E-state index contributed by atoms with van der Waals surface area (Å²) in [6.45, 7) is 4.40. The smallest absolute Gasteiger partial charge is 0.0761 e. The summed E-state index contributed by atoms with van der Waals surface area (Å²) in [6.07, 6.45) is 9.77. The van der Waals surface area contributed by atoms with Gasteiger partial charge in [-0.3, -0.25) is 0 Å². The molecule has 1 nitrogen and oxygen atoms in total. The molecule has 0 heterocycles. The lowest BCUT2D eigenvalue weighted by Crippen LogP contribution is -2.38. The van der Waals surface area contributed by atoms with Crippen molar-refractivity contribution in [1.29, 1.82) is 0 Å². The molecule has 1 fully saturated rings. The predicted octanol–water partition coefficient (Wildman–Crippen LogP) is 2.34. The summed E-state index contributed by atoms with van der Waals surface area (Å²) >= 11 is 0. The fourth-order valence-corrected chi connectivity index (χ4v) is 2.30. The minimum atomic E-state index is -0.573. The predicted molar refractivity (Wildman–Crippen MR) is 50.6 cm³/mol. The van der Waals surface area contributed by atoms with Crippen LogP contribution in [0.1, 0.15) is 46.0 Å². The molecule has 0 amide bonds. The summed E-state index contributed by atoms with van der Waals surface area (Å²) in [5.41, 5.74) is -0.305. The Morgan fingerprint density at radius 3 is 2.58 bits per heavy atom. The minimum Gasteiger partial charge on any atom is -0.389 e. The summed E-state index contributed by atoms with van der Waals surface area (Å²) < 4.78 is 0. The zero-order chi connectivity index (χ0) is 9.24. The lowest BCUT2D eigenvalue weighted by molar-refractivity contribution is -0.0345. The van der Waals surface area contributed by atoms with Gasteiger partial charge in [0.2, 0.25) is 0 Å². The van der Waals surface area contributed by atoms with Crippen molar-refractivity contribution in [2.24, 2.45) is 5.41 Å². The van der Waals surface area contributed by atoms with Gasteiger partial charge in [-0.1, -0.05) is 20.3 Å². The molecule has 1 unspecified atom stereocenters. The van der Waals surface area contributed by atoms with Crippen LogP contribution >= 0.6 is 0 Å². The van der Waals surface area contributed by atoms with Crippen molar-refractivity contribution >= 4 is 0 Å². The highest BCUT2D eigenvalue weighted by Gasteiger charge is 2.37. The van der Waals surface area contributed by atoms with E-state index in [4.69, 9.17) is 6.42 Å². The van der Waals surface area contributed by atoms with Crippen molar-refractivity contribution in [2.45, 2.75) is 51.6 Å². The summed E-state index contributed by atoms with van der Waals surface area (Å²) in [7, 11) is 0. The highest BCUT2D eigenvalue weighted by molar-refractivity contribution is 4.99. The lowest BCUT2D eigenvalue weighted by atomic mass is 9.69. The number of terminal acetylenes is 1. The van der Waals surface area contributed by atoms with Gasteiger partial charge in [-0.25, -0.2) is 0 Å². The molecule has 68 valence electrons. The Morgan fingerprint density at radius 2 is 2.08 bits per heavy atom. The molecule has 1 aliphatic rings. The first-order valence-electron chi connectivity index (χ1n) is 4.63. The molecule has 1 heteroatoms. The molecular formula is C11H18O. The van der Waals surface area contributed by atoms with Crippen molar-refractivity contribution in [1.82, 2.24) is 0 Å². The molecule has 1 aliphatic carbocycles. The molecule has 0 aromatic rings. The van der Waals surface area contributed by atoms with E-state index in [0.29, 0.717) is 6.42 Å². The normalized spacial score (nSPS) is 34.2. The van der Waals surface area contributed by atoms with Gasteiger partial charge in [0.05, 0.1) is 5.60 Å². The minimum absolute atomic E-state index is 0.268. The van der Waals surface area contributed by atoms with E-state index in [-0.39, 0.29) is 5.41 Å². The molecule has 0 aromatic carbocycles. The quantitative estimate of drug-likeness (QED) is 0.593. The van der Waals surface area contributed by atoms with Crippen LogP contribution in [-0.4, -0.2) is 10.7 Å². The SMILES string of the molecule is C#CCC1(O)CCCC(C)(C)C1. The molecule has 0 spiro atoms. The fourth-order valence-electron chi connectivity index (χ4n) is 2.30. The molecule has 1 rings (SSSR count). The van der Waals surface area contributed by atoms with Gasteiger partial charge in [0.15, 0.2) is 0 Å². The zero-order valence-electron chi connectivity index (χ0n) is 8.06. The first-order chi connectivity index (χ1) is 5.47. The van der Waals surface area contributed by atoms with E-state index in [2.05, 4.69) is 19.8 Å². The van der Waals surface area contributed by atoms with Crippen LogP contribution < -0.4 is 0 Å². The third-order valence-corrected chi connectivity index (χ3v) is 2.73. The van der Waals surface area contributed by atoms with Gasteiger partial charge in [0.25, 0.3) is 0 Å². The van der Waals surface area contributed by atoms with Gasteiger partial charge < -0.3 is 5.11 Å². The highest BCUT2D eigenvalue weighted by atomic mass is 16.3. The van der Waals surface area contributed by atoms with Crippen LogP contribution in [0.4, 0.5) is 0 Å². The molecule has 1 saturated carbocycles. The Kier molecular flexibility index (Phi) is 2.49. The van der Waals surface area contributed by atoms with Crippen LogP contribution in [0.25, 0.3) is 0 Å². The maximum absolute atomic E-state index is 10.1. The van der Waals surface area contributed by atoms with Crippen molar-refractivity contribution < 1.29 is 5.11 Å². The van der Waals surface area contributed by atoms with Gasteiger partial charge in [-0.2, -0.15) is 0 Å². The number of aliphatic hydroxyl groups is 1. The summed E-state index contributed by atoms with van der Waals surface area (Å²) in [5.74, 6) is 2.57. The topological polar surface area (TPSA) is 20.2 Å². The summed E-state index contributed by atoms with van der Waals surface area (Å²) in [4.78, 5) is 0. The monoisotopic (exact) mass is 166 g/mol. The molecule has 0 radical (unpaired) electrons. The summed E-state index contributed by atoms with van der Waals surface area (Å²) in [6, 6.07) is 0.